The Morgan fingerprint density at radius 3 is 2.43 bits per heavy atom. The van der Waals surface area contributed by atoms with Gasteiger partial charge in [-0.2, -0.15) is 0 Å². The third-order valence-corrected chi connectivity index (χ3v) is 4.54. The van der Waals surface area contributed by atoms with E-state index in [0.717, 1.165) is 31.9 Å². The van der Waals surface area contributed by atoms with E-state index in [1.165, 1.54) is 24.2 Å². The first kappa shape index (κ1) is 16.3. The molecule has 1 aromatic carbocycles. The average molecular weight is 291 g/mol. The molecular weight excluding hydrogens is 262 g/mol. The molecule has 1 fully saturated rings. The molecule has 21 heavy (non-hydrogen) atoms. The van der Waals surface area contributed by atoms with E-state index in [-0.39, 0.29) is 0 Å². The predicted octanol–water partition coefficient (Wildman–Crippen LogP) is 2.11. The Balaban J connectivity index is 2.07. The number of rotatable bonds is 6. The summed E-state index contributed by atoms with van der Waals surface area (Å²) in [6.07, 6.45) is 0. The topological polar surface area (TPSA) is 27.7 Å². The maximum atomic E-state index is 5.54. The highest BCUT2D eigenvalue weighted by Gasteiger charge is 2.17. The van der Waals surface area contributed by atoms with Crippen molar-refractivity contribution >= 4 is 0 Å². The van der Waals surface area contributed by atoms with Crippen molar-refractivity contribution in [2.45, 2.75) is 26.4 Å². The second-order valence-electron chi connectivity index (χ2n) is 5.79. The van der Waals surface area contributed by atoms with E-state index in [1.807, 2.05) is 7.05 Å². The standard InChI is InChI=1S/C17H29N3O/c1-5-19-8-10-20(11-9-19)13-16-12-15(14(2)18-3)6-7-17(16)21-4/h6-7,12,14,18H,5,8-11,13H2,1-4H3. The SMILES string of the molecule is CCN1CCN(Cc2cc(C(C)NC)ccc2OC)CC1. The van der Waals surface area contributed by atoms with Crippen LogP contribution in [0.2, 0.25) is 0 Å². The van der Waals surface area contributed by atoms with Crippen molar-refractivity contribution in [2.75, 3.05) is 46.9 Å². The third-order valence-electron chi connectivity index (χ3n) is 4.54. The van der Waals surface area contributed by atoms with Crippen molar-refractivity contribution < 1.29 is 4.74 Å². The molecule has 0 bridgehead atoms. The lowest BCUT2D eigenvalue weighted by atomic mass is 10.0. The molecule has 1 aromatic rings. The Bertz CT molecular complexity index is 442. The summed E-state index contributed by atoms with van der Waals surface area (Å²) in [5.74, 6) is 1.000. The fourth-order valence-electron chi connectivity index (χ4n) is 2.86. The summed E-state index contributed by atoms with van der Waals surface area (Å²) in [6.45, 7) is 11.2. The van der Waals surface area contributed by atoms with Crippen LogP contribution in [0.1, 0.15) is 31.0 Å². The van der Waals surface area contributed by atoms with Crippen molar-refractivity contribution in [3.63, 3.8) is 0 Å². The van der Waals surface area contributed by atoms with Crippen LogP contribution in [0.15, 0.2) is 18.2 Å². The van der Waals surface area contributed by atoms with Crippen LogP contribution in [0, 0.1) is 0 Å². The number of nitrogens with zero attached hydrogens (tertiary/aromatic N) is 2. The molecule has 0 radical (unpaired) electrons. The zero-order valence-electron chi connectivity index (χ0n) is 13.9. The second kappa shape index (κ2) is 7.78. The third kappa shape index (κ3) is 4.19. The van der Waals surface area contributed by atoms with Gasteiger partial charge in [0, 0.05) is 44.3 Å². The van der Waals surface area contributed by atoms with Gasteiger partial charge in [-0.25, -0.2) is 0 Å². The molecule has 118 valence electrons. The van der Waals surface area contributed by atoms with Gasteiger partial charge in [0.25, 0.3) is 0 Å². The lowest BCUT2D eigenvalue weighted by molar-refractivity contribution is 0.131. The summed E-state index contributed by atoms with van der Waals surface area (Å²) in [5.41, 5.74) is 2.61. The van der Waals surface area contributed by atoms with Crippen molar-refractivity contribution in [2.24, 2.45) is 0 Å². The number of likely N-dealkylation sites (N-methyl/N-ethyl adjacent to an activating group) is 1. The Morgan fingerprint density at radius 1 is 1.19 bits per heavy atom. The number of methoxy groups -OCH3 is 1. The Hall–Kier alpha value is -1.10. The number of nitrogens with one attached hydrogen (secondary N) is 1. The van der Waals surface area contributed by atoms with Crippen molar-refractivity contribution in [1.29, 1.82) is 0 Å². The molecule has 0 aliphatic carbocycles. The highest BCUT2D eigenvalue weighted by Crippen LogP contribution is 2.25. The van der Waals surface area contributed by atoms with Gasteiger partial charge in [-0.3, -0.25) is 4.90 Å². The lowest BCUT2D eigenvalue weighted by Crippen LogP contribution is -2.45. The molecule has 0 saturated carbocycles. The molecule has 0 aromatic heterocycles. The minimum absolute atomic E-state index is 0.367. The average Bonchev–Trinajstić information content (AvgIpc) is 2.54. The first-order chi connectivity index (χ1) is 10.2. The number of hydrogen-bond acceptors (Lipinski definition) is 4. The molecule has 1 unspecified atom stereocenters. The zero-order chi connectivity index (χ0) is 15.2. The summed E-state index contributed by atoms with van der Waals surface area (Å²) in [4.78, 5) is 5.03. The lowest BCUT2D eigenvalue weighted by Gasteiger charge is -2.34. The van der Waals surface area contributed by atoms with Gasteiger partial charge in [-0.1, -0.05) is 13.0 Å². The highest BCUT2D eigenvalue weighted by molar-refractivity contribution is 5.38. The zero-order valence-corrected chi connectivity index (χ0v) is 13.9. The normalized spacial score (nSPS) is 18.7. The minimum atomic E-state index is 0.367. The molecule has 0 amide bonds. The van der Waals surface area contributed by atoms with Crippen LogP contribution in [0.5, 0.6) is 5.75 Å². The summed E-state index contributed by atoms with van der Waals surface area (Å²) in [7, 11) is 3.76. The first-order valence-corrected chi connectivity index (χ1v) is 7.96. The van der Waals surface area contributed by atoms with Crippen LogP contribution in [0.4, 0.5) is 0 Å². The first-order valence-electron chi connectivity index (χ1n) is 7.96. The summed E-state index contributed by atoms with van der Waals surface area (Å²) in [5, 5.41) is 3.30. The predicted molar refractivity (Wildman–Crippen MR) is 87.9 cm³/mol. The summed E-state index contributed by atoms with van der Waals surface area (Å²) >= 11 is 0. The molecule has 4 nitrogen and oxygen atoms in total. The smallest absolute Gasteiger partial charge is 0.123 e. The van der Waals surface area contributed by atoms with E-state index >= 15 is 0 Å². The number of hydrogen-bond donors (Lipinski definition) is 1. The fraction of sp³-hybridized carbons (Fsp3) is 0.647. The molecule has 1 saturated heterocycles. The van der Waals surface area contributed by atoms with Gasteiger partial charge in [-0.05, 0) is 38.2 Å². The number of piperazine rings is 1. The van der Waals surface area contributed by atoms with E-state index in [4.69, 9.17) is 4.74 Å². The maximum absolute atomic E-state index is 5.54. The number of ether oxygens (including phenoxy) is 1. The van der Waals surface area contributed by atoms with Crippen molar-refractivity contribution in [1.82, 2.24) is 15.1 Å². The van der Waals surface area contributed by atoms with Crippen LogP contribution < -0.4 is 10.1 Å². The van der Waals surface area contributed by atoms with Gasteiger partial charge >= 0.3 is 0 Å². The summed E-state index contributed by atoms with van der Waals surface area (Å²) in [6, 6.07) is 6.90. The Kier molecular flexibility index (Phi) is 6.03. The molecule has 1 N–H and O–H groups in total. The molecule has 1 heterocycles. The monoisotopic (exact) mass is 291 g/mol. The van der Waals surface area contributed by atoms with Gasteiger partial charge in [0.2, 0.25) is 0 Å². The molecule has 1 aliphatic rings. The quantitative estimate of drug-likeness (QED) is 0.869. The summed E-state index contributed by atoms with van der Waals surface area (Å²) < 4.78 is 5.54. The van der Waals surface area contributed by atoms with Crippen molar-refractivity contribution in [3.8, 4) is 5.75 Å². The van der Waals surface area contributed by atoms with Crippen LogP contribution in [0.25, 0.3) is 0 Å². The van der Waals surface area contributed by atoms with E-state index in [0.29, 0.717) is 6.04 Å². The molecule has 4 heteroatoms. The van der Waals surface area contributed by atoms with Gasteiger partial charge in [-0.15, -0.1) is 0 Å². The number of benzene rings is 1. The van der Waals surface area contributed by atoms with Crippen LogP contribution >= 0.6 is 0 Å². The van der Waals surface area contributed by atoms with E-state index in [9.17, 15) is 0 Å². The van der Waals surface area contributed by atoms with Gasteiger partial charge in [0.15, 0.2) is 0 Å². The highest BCUT2D eigenvalue weighted by atomic mass is 16.5. The molecule has 1 atom stereocenters. The largest absolute Gasteiger partial charge is 0.496 e. The van der Waals surface area contributed by atoms with Gasteiger partial charge in [0.05, 0.1) is 7.11 Å². The van der Waals surface area contributed by atoms with Gasteiger partial charge < -0.3 is 15.0 Å². The van der Waals surface area contributed by atoms with Crippen LogP contribution in [-0.4, -0.2) is 56.7 Å². The van der Waals surface area contributed by atoms with E-state index in [2.05, 4.69) is 47.2 Å². The minimum Gasteiger partial charge on any atom is -0.496 e. The molecule has 0 spiro atoms. The van der Waals surface area contributed by atoms with E-state index < -0.39 is 0 Å². The maximum Gasteiger partial charge on any atom is 0.123 e. The second-order valence-corrected chi connectivity index (χ2v) is 5.79. The molecule has 1 aliphatic heterocycles. The van der Waals surface area contributed by atoms with Gasteiger partial charge in [0.1, 0.15) is 5.75 Å². The van der Waals surface area contributed by atoms with E-state index in [1.54, 1.807) is 7.11 Å². The molecular formula is C17H29N3O. The molecule has 2 rings (SSSR count). The van der Waals surface area contributed by atoms with Crippen LogP contribution in [0.3, 0.4) is 0 Å². The Labute approximate surface area is 129 Å². The fourth-order valence-corrected chi connectivity index (χ4v) is 2.86. The Morgan fingerprint density at radius 2 is 1.86 bits per heavy atom. The van der Waals surface area contributed by atoms with Crippen LogP contribution in [-0.2, 0) is 6.54 Å². The van der Waals surface area contributed by atoms with Crippen molar-refractivity contribution in [3.05, 3.63) is 29.3 Å².